The minimum Gasteiger partial charge on any atom is -0.497 e. The van der Waals surface area contributed by atoms with E-state index in [1.807, 2.05) is 62.4 Å². The van der Waals surface area contributed by atoms with Crippen molar-refractivity contribution in [3.05, 3.63) is 59.7 Å². The van der Waals surface area contributed by atoms with Gasteiger partial charge in [-0.3, -0.25) is 0 Å². The number of carbonyl (C=O) groups is 1. The van der Waals surface area contributed by atoms with Gasteiger partial charge in [-0.15, -0.1) is 0 Å². The van der Waals surface area contributed by atoms with Crippen molar-refractivity contribution in [2.75, 3.05) is 12.4 Å². The molecule has 116 valence electrons. The van der Waals surface area contributed by atoms with Crippen molar-refractivity contribution in [2.45, 2.75) is 26.3 Å². The van der Waals surface area contributed by atoms with E-state index in [-0.39, 0.29) is 12.1 Å². The molecule has 22 heavy (non-hydrogen) atoms. The Hall–Kier alpha value is -2.49. The Morgan fingerprint density at radius 3 is 2.50 bits per heavy atom. The van der Waals surface area contributed by atoms with E-state index in [1.165, 1.54) is 0 Å². The van der Waals surface area contributed by atoms with Crippen LogP contribution < -0.4 is 15.4 Å². The minimum absolute atomic E-state index is 0.0317. The van der Waals surface area contributed by atoms with E-state index in [1.54, 1.807) is 7.11 Å². The number of aryl methyl sites for hydroxylation is 1. The average molecular weight is 298 g/mol. The van der Waals surface area contributed by atoms with Gasteiger partial charge in [-0.2, -0.15) is 0 Å². The first-order valence-corrected chi connectivity index (χ1v) is 7.40. The highest BCUT2D eigenvalue weighted by Crippen LogP contribution is 2.20. The lowest BCUT2D eigenvalue weighted by molar-refractivity contribution is 0.248. The molecule has 2 N–H and O–H groups in total. The molecule has 0 aliphatic heterocycles. The maximum Gasteiger partial charge on any atom is 0.319 e. The van der Waals surface area contributed by atoms with Gasteiger partial charge in [-0.05, 0) is 48.7 Å². The van der Waals surface area contributed by atoms with Gasteiger partial charge in [0.25, 0.3) is 0 Å². The van der Waals surface area contributed by atoms with E-state index in [0.717, 1.165) is 29.0 Å². The van der Waals surface area contributed by atoms with E-state index >= 15 is 0 Å². The number of nitrogens with one attached hydrogen (secondary N) is 2. The Morgan fingerprint density at radius 2 is 1.91 bits per heavy atom. The second-order valence-electron chi connectivity index (χ2n) is 5.20. The zero-order chi connectivity index (χ0) is 15.9. The third kappa shape index (κ3) is 4.25. The molecule has 1 atom stereocenters. The Kier molecular flexibility index (Phi) is 5.42. The van der Waals surface area contributed by atoms with Crippen molar-refractivity contribution < 1.29 is 9.53 Å². The summed E-state index contributed by atoms with van der Waals surface area (Å²) < 4.78 is 5.15. The average Bonchev–Trinajstić information content (AvgIpc) is 2.53. The van der Waals surface area contributed by atoms with Crippen LogP contribution in [0.25, 0.3) is 0 Å². The van der Waals surface area contributed by atoms with E-state index < -0.39 is 0 Å². The maximum absolute atomic E-state index is 12.1. The van der Waals surface area contributed by atoms with E-state index in [2.05, 4.69) is 10.6 Å². The number of carbonyl (C=O) groups excluding carboxylic acids is 1. The summed E-state index contributed by atoms with van der Waals surface area (Å²) in [5.74, 6) is 0.808. The highest BCUT2D eigenvalue weighted by atomic mass is 16.5. The van der Waals surface area contributed by atoms with Crippen LogP contribution in [0.5, 0.6) is 5.75 Å². The summed E-state index contributed by atoms with van der Waals surface area (Å²) in [5.41, 5.74) is 2.96. The third-order valence-electron chi connectivity index (χ3n) is 3.51. The van der Waals surface area contributed by atoms with Crippen molar-refractivity contribution in [1.29, 1.82) is 0 Å². The van der Waals surface area contributed by atoms with Crippen LogP contribution in [-0.2, 0) is 0 Å². The molecule has 0 aliphatic carbocycles. The molecule has 2 aromatic rings. The lowest BCUT2D eigenvalue weighted by Gasteiger charge is -2.18. The molecule has 2 rings (SSSR count). The summed E-state index contributed by atoms with van der Waals surface area (Å²) in [6.07, 6.45) is 0.813. The van der Waals surface area contributed by atoms with Crippen molar-refractivity contribution in [3.63, 3.8) is 0 Å². The Bertz CT molecular complexity index is 623. The van der Waals surface area contributed by atoms with Crippen LogP contribution in [0.1, 0.15) is 30.5 Å². The van der Waals surface area contributed by atoms with Crippen LogP contribution in [-0.4, -0.2) is 13.1 Å². The molecule has 0 saturated carbocycles. The first-order chi connectivity index (χ1) is 10.6. The van der Waals surface area contributed by atoms with Gasteiger partial charge in [0, 0.05) is 5.69 Å². The van der Waals surface area contributed by atoms with E-state index in [4.69, 9.17) is 4.74 Å². The quantitative estimate of drug-likeness (QED) is 0.865. The fraction of sp³-hybridized carbons (Fsp3) is 0.278. The van der Waals surface area contributed by atoms with Crippen LogP contribution in [0.2, 0.25) is 0 Å². The summed E-state index contributed by atoms with van der Waals surface area (Å²) in [5, 5.41) is 5.86. The van der Waals surface area contributed by atoms with Gasteiger partial charge >= 0.3 is 6.03 Å². The number of ether oxygens (including phenoxy) is 1. The van der Waals surface area contributed by atoms with Gasteiger partial charge in [-0.25, -0.2) is 4.79 Å². The predicted octanol–water partition coefficient (Wildman–Crippen LogP) is 4.28. The molecular weight excluding hydrogens is 276 g/mol. The van der Waals surface area contributed by atoms with Crippen LogP contribution >= 0.6 is 0 Å². The summed E-state index contributed by atoms with van der Waals surface area (Å²) in [4.78, 5) is 12.1. The number of rotatable bonds is 5. The molecule has 0 bridgehead atoms. The maximum atomic E-state index is 12.1. The van der Waals surface area contributed by atoms with Crippen LogP contribution in [0, 0.1) is 6.92 Å². The monoisotopic (exact) mass is 298 g/mol. The summed E-state index contributed by atoms with van der Waals surface area (Å²) >= 11 is 0. The van der Waals surface area contributed by atoms with Crippen molar-refractivity contribution in [1.82, 2.24) is 5.32 Å². The fourth-order valence-corrected chi connectivity index (χ4v) is 2.31. The normalized spacial score (nSPS) is 11.6. The van der Waals surface area contributed by atoms with Crippen molar-refractivity contribution in [2.24, 2.45) is 0 Å². The number of hydrogen-bond donors (Lipinski definition) is 2. The van der Waals surface area contributed by atoms with E-state index in [9.17, 15) is 4.79 Å². The second kappa shape index (κ2) is 7.50. The standard InChI is InChI=1S/C18H22N2O2/c1-4-17(14-8-10-16(22-3)11-9-14)20-18(21)19-15-7-5-6-13(2)12-15/h5-12,17H,4H2,1-3H3,(H2,19,20,21). The molecule has 0 aromatic heterocycles. The van der Waals surface area contributed by atoms with Crippen molar-refractivity contribution in [3.8, 4) is 5.75 Å². The topological polar surface area (TPSA) is 50.4 Å². The molecule has 4 nitrogen and oxygen atoms in total. The molecule has 0 radical (unpaired) electrons. The largest absolute Gasteiger partial charge is 0.497 e. The molecule has 0 fully saturated rings. The lowest BCUT2D eigenvalue weighted by Crippen LogP contribution is -2.32. The van der Waals surface area contributed by atoms with Crippen LogP contribution in [0.15, 0.2) is 48.5 Å². The SMILES string of the molecule is CCC(NC(=O)Nc1cccc(C)c1)c1ccc(OC)cc1. The first-order valence-electron chi connectivity index (χ1n) is 7.40. The summed E-state index contributed by atoms with van der Waals surface area (Å²) in [7, 11) is 1.64. The molecule has 0 saturated heterocycles. The van der Waals surface area contributed by atoms with Gasteiger partial charge in [0.2, 0.25) is 0 Å². The number of methoxy groups -OCH3 is 1. The zero-order valence-corrected chi connectivity index (χ0v) is 13.2. The third-order valence-corrected chi connectivity index (χ3v) is 3.51. The molecule has 2 aromatic carbocycles. The lowest BCUT2D eigenvalue weighted by atomic mass is 10.0. The summed E-state index contributed by atoms with van der Waals surface area (Å²) in [6.45, 7) is 4.04. The summed E-state index contributed by atoms with van der Waals surface area (Å²) in [6, 6.07) is 15.2. The second-order valence-corrected chi connectivity index (χ2v) is 5.20. The van der Waals surface area contributed by atoms with Gasteiger partial charge in [0.1, 0.15) is 5.75 Å². The number of urea groups is 1. The molecule has 2 amide bonds. The minimum atomic E-state index is -0.201. The van der Waals surface area contributed by atoms with Gasteiger partial charge in [0.15, 0.2) is 0 Å². The Labute approximate surface area is 131 Å². The molecular formula is C18H22N2O2. The predicted molar refractivity (Wildman–Crippen MR) is 89.4 cm³/mol. The number of benzene rings is 2. The van der Waals surface area contributed by atoms with Gasteiger partial charge < -0.3 is 15.4 Å². The molecule has 4 heteroatoms. The van der Waals surface area contributed by atoms with E-state index in [0.29, 0.717) is 0 Å². The zero-order valence-electron chi connectivity index (χ0n) is 13.2. The number of hydrogen-bond acceptors (Lipinski definition) is 2. The molecule has 0 aliphatic rings. The van der Waals surface area contributed by atoms with Gasteiger partial charge in [-0.1, -0.05) is 31.2 Å². The molecule has 0 spiro atoms. The highest BCUT2D eigenvalue weighted by Gasteiger charge is 2.12. The Balaban J connectivity index is 2.01. The molecule has 0 heterocycles. The number of anilines is 1. The smallest absolute Gasteiger partial charge is 0.319 e. The molecule has 1 unspecified atom stereocenters. The van der Waals surface area contributed by atoms with Crippen molar-refractivity contribution >= 4 is 11.7 Å². The highest BCUT2D eigenvalue weighted by molar-refractivity contribution is 5.89. The van der Waals surface area contributed by atoms with Gasteiger partial charge in [0.05, 0.1) is 13.2 Å². The Morgan fingerprint density at radius 1 is 1.18 bits per heavy atom. The number of amides is 2. The fourth-order valence-electron chi connectivity index (χ4n) is 2.31. The van der Waals surface area contributed by atoms with Crippen LogP contribution in [0.3, 0.4) is 0 Å². The first kappa shape index (κ1) is 15.9. The van der Waals surface area contributed by atoms with Crippen LogP contribution in [0.4, 0.5) is 10.5 Å².